The summed E-state index contributed by atoms with van der Waals surface area (Å²) in [6, 6.07) is 4.22. The maximum absolute atomic E-state index is 6.39. The molecule has 6 heteroatoms. The van der Waals surface area contributed by atoms with Crippen molar-refractivity contribution < 1.29 is 9.47 Å². The van der Waals surface area contributed by atoms with E-state index >= 15 is 0 Å². The van der Waals surface area contributed by atoms with E-state index in [1.54, 1.807) is 0 Å². The Hall–Kier alpha value is -0.620. The fraction of sp³-hybridized carbons (Fsp3) is 0.600. The third kappa shape index (κ3) is 3.42. The highest BCUT2D eigenvalue weighted by molar-refractivity contribution is 7.99. The molecule has 0 aliphatic carbocycles. The number of benzene rings is 1. The smallest absolute Gasteiger partial charge is 0.179 e. The number of hydrogen-bond acceptors (Lipinski definition) is 5. The molecule has 0 radical (unpaired) electrons. The molecule has 2 heterocycles. The first kappa shape index (κ1) is 15.3. The lowest BCUT2D eigenvalue weighted by Gasteiger charge is -2.34. The third-order valence-electron chi connectivity index (χ3n) is 3.92. The predicted molar refractivity (Wildman–Crippen MR) is 87.8 cm³/mol. The summed E-state index contributed by atoms with van der Waals surface area (Å²) in [5, 5.41) is 0.620. The first-order chi connectivity index (χ1) is 10.3. The normalized spacial score (nSPS) is 20.9. The number of ether oxygens (including phenoxy) is 2. The monoisotopic (exact) mass is 328 g/mol. The lowest BCUT2D eigenvalue weighted by Crippen LogP contribution is -2.39. The molecule has 0 amide bonds. The van der Waals surface area contributed by atoms with Gasteiger partial charge in [-0.1, -0.05) is 11.6 Å². The number of rotatable bonds is 3. The van der Waals surface area contributed by atoms with E-state index in [-0.39, 0.29) is 6.04 Å². The van der Waals surface area contributed by atoms with Crippen LogP contribution in [0.3, 0.4) is 0 Å². The SMILES string of the molecule is NCC(c1cc(Cl)c2c(c1)OCCCO2)N1CCSCC1. The molecular formula is C15H21ClN2O2S. The van der Waals surface area contributed by atoms with E-state index < -0.39 is 0 Å². The average molecular weight is 329 g/mol. The summed E-state index contributed by atoms with van der Waals surface area (Å²) in [6.07, 6.45) is 0.879. The second-order valence-corrected chi connectivity index (χ2v) is 6.91. The highest BCUT2D eigenvalue weighted by Gasteiger charge is 2.24. The number of halogens is 1. The molecule has 2 N–H and O–H groups in total. The van der Waals surface area contributed by atoms with Crippen LogP contribution in [0.4, 0.5) is 0 Å². The highest BCUT2D eigenvalue weighted by Crippen LogP contribution is 2.40. The summed E-state index contributed by atoms with van der Waals surface area (Å²) in [6.45, 7) is 4.04. The molecule has 4 nitrogen and oxygen atoms in total. The maximum atomic E-state index is 6.39. The minimum absolute atomic E-state index is 0.195. The summed E-state index contributed by atoms with van der Waals surface area (Å²) < 4.78 is 11.5. The van der Waals surface area contributed by atoms with E-state index in [2.05, 4.69) is 4.90 Å². The summed E-state index contributed by atoms with van der Waals surface area (Å²) in [4.78, 5) is 2.44. The van der Waals surface area contributed by atoms with Crippen LogP contribution in [0.1, 0.15) is 18.0 Å². The fourth-order valence-electron chi connectivity index (χ4n) is 2.83. The molecule has 1 atom stereocenters. The van der Waals surface area contributed by atoms with Gasteiger partial charge in [0.05, 0.1) is 18.2 Å². The van der Waals surface area contributed by atoms with Crippen molar-refractivity contribution in [1.82, 2.24) is 4.90 Å². The molecule has 1 aromatic rings. The largest absolute Gasteiger partial charge is 0.489 e. The van der Waals surface area contributed by atoms with E-state index in [9.17, 15) is 0 Å². The molecule has 21 heavy (non-hydrogen) atoms. The molecule has 0 aromatic heterocycles. The van der Waals surface area contributed by atoms with Gasteiger partial charge in [-0.05, 0) is 17.7 Å². The minimum Gasteiger partial charge on any atom is -0.489 e. The Morgan fingerprint density at radius 2 is 2.00 bits per heavy atom. The molecule has 1 aromatic carbocycles. The van der Waals surface area contributed by atoms with Crippen LogP contribution in [0.5, 0.6) is 11.5 Å². The van der Waals surface area contributed by atoms with Crippen molar-refractivity contribution in [1.29, 1.82) is 0 Å². The van der Waals surface area contributed by atoms with Gasteiger partial charge in [-0.15, -0.1) is 0 Å². The van der Waals surface area contributed by atoms with Crippen molar-refractivity contribution in [2.75, 3.05) is 44.4 Å². The quantitative estimate of drug-likeness (QED) is 0.924. The Morgan fingerprint density at radius 3 is 2.76 bits per heavy atom. The zero-order chi connectivity index (χ0) is 14.7. The Balaban J connectivity index is 1.89. The van der Waals surface area contributed by atoms with Crippen molar-refractivity contribution >= 4 is 23.4 Å². The Labute approximate surface area is 134 Å². The highest BCUT2D eigenvalue weighted by atomic mass is 35.5. The van der Waals surface area contributed by atoms with E-state index in [1.807, 2.05) is 23.9 Å². The van der Waals surface area contributed by atoms with Crippen LogP contribution in [0.15, 0.2) is 12.1 Å². The van der Waals surface area contributed by atoms with Gasteiger partial charge in [-0.3, -0.25) is 4.90 Å². The zero-order valence-corrected chi connectivity index (χ0v) is 13.6. The van der Waals surface area contributed by atoms with Crippen LogP contribution in [-0.2, 0) is 0 Å². The molecule has 0 saturated carbocycles. The van der Waals surface area contributed by atoms with Crippen LogP contribution in [0.25, 0.3) is 0 Å². The molecule has 1 fully saturated rings. The topological polar surface area (TPSA) is 47.7 Å². The van der Waals surface area contributed by atoms with Crippen LogP contribution >= 0.6 is 23.4 Å². The maximum Gasteiger partial charge on any atom is 0.179 e. The molecule has 1 unspecified atom stereocenters. The van der Waals surface area contributed by atoms with Crippen molar-refractivity contribution in [3.8, 4) is 11.5 Å². The van der Waals surface area contributed by atoms with Crippen molar-refractivity contribution in [2.24, 2.45) is 5.73 Å². The number of fused-ring (bicyclic) bond motifs is 1. The molecular weight excluding hydrogens is 308 g/mol. The summed E-state index contributed by atoms with van der Waals surface area (Å²) in [5.41, 5.74) is 7.15. The average Bonchev–Trinajstić information content (AvgIpc) is 2.75. The van der Waals surface area contributed by atoms with E-state index in [0.717, 1.165) is 42.3 Å². The standard InChI is InChI=1S/C15H21ClN2O2S/c16-12-8-11(9-14-15(12)20-5-1-4-19-14)13(10-17)18-2-6-21-7-3-18/h8-9,13H,1-7,10,17H2. The first-order valence-corrected chi connectivity index (χ1v) is 8.94. The van der Waals surface area contributed by atoms with Gasteiger partial charge in [0.2, 0.25) is 0 Å². The van der Waals surface area contributed by atoms with Gasteiger partial charge in [0.1, 0.15) is 0 Å². The van der Waals surface area contributed by atoms with Gasteiger partial charge in [0.25, 0.3) is 0 Å². The van der Waals surface area contributed by atoms with E-state index in [4.69, 9.17) is 26.8 Å². The van der Waals surface area contributed by atoms with Crippen LogP contribution in [-0.4, -0.2) is 49.3 Å². The van der Waals surface area contributed by atoms with Gasteiger partial charge >= 0.3 is 0 Å². The summed E-state index contributed by atoms with van der Waals surface area (Å²) >= 11 is 8.39. The van der Waals surface area contributed by atoms with Gasteiger partial charge in [0.15, 0.2) is 11.5 Å². The van der Waals surface area contributed by atoms with Gasteiger partial charge in [0, 0.05) is 43.6 Å². The van der Waals surface area contributed by atoms with Gasteiger partial charge < -0.3 is 15.2 Å². The molecule has 2 aliphatic heterocycles. The van der Waals surface area contributed by atoms with Crippen molar-refractivity contribution in [3.63, 3.8) is 0 Å². The summed E-state index contributed by atoms with van der Waals surface area (Å²) in [5.74, 6) is 3.74. The zero-order valence-electron chi connectivity index (χ0n) is 12.0. The van der Waals surface area contributed by atoms with Crippen LogP contribution in [0, 0.1) is 0 Å². The lowest BCUT2D eigenvalue weighted by atomic mass is 10.0. The Kier molecular flexibility index (Phi) is 5.16. The number of nitrogens with two attached hydrogens (primary N) is 1. The minimum atomic E-state index is 0.195. The second kappa shape index (κ2) is 7.09. The molecule has 2 aliphatic rings. The first-order valence-electron chi connectivity index (χ1n) is 7.40. The lowest BCUT2D eigenvalue weighted by molar-refractivity contribution is 0.222. The molecule has 1 saturated heterocycles. The van der Waals surface area contributed by atoms with E-state index in [0.29, 0.717) is 30.5 Å². The number of hydrogen-bond donors (Lipinski definition) is 1. The van der Waals surface area contributed by atoms with Crippen molar-refractivity contribution in [2.45, 2.75) is 12.5 Å². The summed E-state index contributed by atoms with van der Waals surface area (Å²) in [7, 11) is 0. The van der Waals surface area contributed by atoms with E-state index in [1.165, 1.54) is 0 Å². The van der Waals surface area contributed by atoms with Crippen LogP contribution < -0.4 is 15.2 Å². The second-order valence-electron chi connectivity index (χ2n) is 5.28. The van der Waals surface area contributed by atoms with Crippen LogP contribution in [0.2, 0.25) is 5.02 Å². The Morgan fingerprint density at radius 1 is 1.24 bits per heavy atom. The molecule has 3 rings (SSSR count). The number of thioether (sulfide) groups is 1. The Bertz CT molecular complexity index is 495. The third-order valence-corrected chi connectivity index (χ3v) is 5.14. The molecule has 0 bridgehead atoms. The van der Waals surface area contributed by atoms with Gasteiger partial charge in [-0.25, -0.2) is 0 Å². The fourth-order valence-corrected chi connectivity index (χ4v) is 4.03. The predicted octanol–water partition coefficient (Wildman–Crippen LogP) is 2.55. The number of nitrogens with zero attached hydrogens (tertiary/aromatic N) is 1. The van der Waals surface area contributed by atoms with Crippen molar-refractivity contribution in [3.05, 3.63) is 22.7 Å². The molecule has 116 valence electrons. The van der Waals surface area contributed by atoms with Gasteiger partial charge in [-0.2, -0.15) is 11.8 Å². The molecule has 0 spiro atoms.